The Bertz CT molecular complexity index is 558. The number of hydrogen-bond acceptors (Lipinski definition) is 4. The Morgan fingerprint density at radius 1 is 1.15 bits per heavy atom. The molecule has 1 aromatic heterocycles. The number of carbonyl (C=O) groups excluding carboxylic acids is 1. The van der Waals surface area contributed by atoms with E-state index >= 15 is 0 Å². The first-order valence-corrected chi connectivity index (χ1v) is 6.34. The van der Waals surface area contributed by atoms with Gasteiger partial charge in [0.2, 0.25) is 0 Å². The quantitative estimate of drug-likeness (QED) is 0.877. The standard InChI is InChI=1S/C15H16N2O3/c1-2-19-13-7-3-4-8-14(13)20-11-15(18)17-12-6-5-9-16-10-12/h3-10H,2,11H2,1H3,(H,17,18). The highest BCUT2D eigenvalue weighted by Crippen LogP contribution is 2.26. The molecule has 20 heavy (non-hydrogen) atoms. The maximum atomic E-state index is 11.8. The van der Waals surface area contributed by atoms with Crippen molar-refractivity contribution in [2.75, 3.05) is 18.5 Å². The molecule has 2 aromatic rings. The van der Waals surface area contributed by atoms with Gasteiger partial charge in [-0.15, -0.1) is 0 Å². The second-order valence-corrected chi connectivity index (χ2v) is 3.96. The van der Waals surface area contributed by atoms with E-state index in [1.54, 1.807) is 36.7 Å². The van der Waals surface area contributed by atoms with Gasteiger partial charge < -0.3 is 14.8 Å². The molecule has 0 aliphatic rings. The molecule has 0 radical (unpaired) electrons. The van der Waals surface area contributed by atoms with Gasteiger partial charge in [0.15, 0.2) is 18.1 Å². The van der Waals surface area contributed by atoms with Gasteiger partial charge in [0.25, 0.3) is 5.91 Å². The van der Waals surface area contributed by atoms with Crippen LogP contribution < -0.4 is 14.8 Å². The summed E-state index contributed by atoms with van der Waals surface area (Å²) in [4.78, 5) is 15.7. The average molecular weight is 272 g/mol. The lowest BCUT2D eigenvalue weighted by Crippen LogP contribution is -2.20. The zero-order chi connectivity index (χ0) is 14.2. The first-order chi connectivity index (χ1) is 9.79. The van der Waals surface area contributed by atoms with Crippen molar-refractivity contribution in [1.29, 1.82) is 0 Å². The second-order valence-electron chi connectivity index (χ2n) is 3.96. The lowest BCUT2D eigenvalue weighted by atomic mass is 10.3. The number of pyridine rings is 1. The average Bonchev–Trinajstić information content (AvgIpc) is 2.48. The van der Waals surface area contributed by atoms with Gasteiger partial charge in [0, 0.05) is 6.20 Å². The van der Waals surface area contributed by atoms with Crippen LogP contribution in [0, 0.1) is 0 Å². The summed E-state index contributed by atoms with van der Waals surface area (Å²) in [7, 11) is 0. The number of aromatic nitrogens is 1. The summed E-state index contributed by atoms with van der Waals surface area (Å²) in [6.07, 6.45) is 3.22. The molecule has 1 amide bonds. The third-order valence-electron chi connectivity index (χ3n) is 2.45. The Morgan fingerprint density at radius 3 is 2.55 bits per heavy atom. The molecule has 5 heteroatoms. The number of ether oxygens (including phenoxy) is 2. The molecule has 1 N–H and O–H groups in total. The van der Waals surface area contributed by atoms with Crippen LogP contribution in [0.1, 0.15) is 6.92 Å². The minimum Gasteiger partial charge on any atom is -0.490 e. The molecular formula is C15H16N2O3. The summed E-state index contributed by atoms with van der Waals surface area (Å²) in [6.45, 7) is 2.35. The zero-order valence-corrected chi connectivity index (χ0v) is 11.2. The summed E-state index contributed by atoms with van der Waals surface area (Å²) >= 11 is 0. The van der Waals surface area contributed by atoms with Crippen molar-refractivity contribution < 1.29 is 14.3 Å². The van der Waals surface area contributed by atoms with Crippen LogP contribution in [-0.2, 0) is 4.79 Å². The van der Waals surface area contributed by atoms with Gasteiger partial charge in [-0.2, -0.15) is 0 Å². The Kier molecular flexibility index (Phi) is 4.94. The third kappa shape index (κ3) is 3.98. The molecule has 1 heterocycles. The van der Waals surface area contributed by atoms with Crippen LogP contribution in [0.25, 0.3) is 0 Å². The molecule has 0 aliphatic carbocycles. The van der Waals surface area contributed by atoms with Gasteiger partial charge in [-0.05, 0) is 31.2 Å². The van der Waals surface area contributed by atoms with E-state index in [-0.39, 0.29) is 12.5 Å². The summed E-state index contributed by atoms with van der Waals surface area (Å²) in [5.41, 5.74) is 0.638. The predicted octanol–water partition coefficient (Wildman–Crippen LogP) is 2.50. The molecule has 0 unspecified atom stereocenters. The third-order valence-corrected chi connectivity index (χ3v) is 2.45. The van der Waals surface area contributed by atoms with E-state index in [4.69, 9.17) is 9.47 Å². The zero-order valence-electron chi connectivity index (χ0n) is 11.2. The van der Waals surface area contributed by atoms with Crippen LogP contribution in [0.4, 0.5) is 5.69 Å². The smallest absolute Gasteiger partial charge is 0.262 e. The van der Waals surface area contributed by atoms with Crippen molar-refractivity contribution in [1.82, 2.24) is 4.98 Å². The minimum absolute atomic E-state index is 0.0843. The number of benzene rings is 1. The molecule has 0 atom stereocenters. The molecule has 0 aliphatic heterocycles. The fraction of sp³-hybridized carbons (Fsp3) is 0.200. The van der Waals surface area contributed by atoms with Crippen LogP contribution in [0.2, 0.25) is 0 Å². The summed E-state index contributed by atoms with van der Waals surface area (Å²) in [6, 6.07) is 10.8. The van der Waals surface area contributed by atoms with Gasteiger partial charge >= 0.3 is 0 Å². The molecule has 0 bridgehead atoms. The Morgan fingerprint density at radius 2 is 1.90 bits per heavy atom. The molecule has 0 spiro atoms. The first-order valence-electron chi connectivity index (χ1n) is 6.34. The number of amides is 1. The summed E-state index contributed by atoms with van der Waals surface area (Å²) in [5, 5.41) is 2.70. The Hall–Kier alpha value is -2.56. The number of nitrogens with one attached hydrogen (secondary N) is 1. The molecule has 0 fully saturated rings. The van der Waals surface area contributed by atoms with Gasteiger partial charge in [-0.25, -0.2) is 0 Å². The van der Waals surface area contributed by atoms with E-state index in [0.717, 1.165) is 0 Å². The highest BCUT2D eigenvalue weighted by molar-refractivity contribution is 5.91. The van der Waals surface area contributed by atoms with Crippen LogP contribution in [0.3, 0.4) is 0 Å². The van der Waals surface area contributed by atoms with Crippen molar-refractivity contribution in [3.05, 3.63) is 48.8 Å². The molecule has 0 saturated carbocycles. The molecule has 5 nitrogen and oxygen atoms in total. The number of hydrogen-bond donors (Lipinski definition) is 1. The van der Waals surface area contributed by atoms with Crippen LogP contribution in [-0.4, -0.2) is 24.1 Å². The highest BCUT2D eigenvalue weighted by Gasteiger charge is 2.07. The number of para-hydroxylation sites is 2. The fourth-order valence-electron chi connectivity index (χ4n) is 1.62. The lowest BCUT2D eigenvalue weighted by Gasteiger charge is -2.11. The van der Waals surface area contributed by atoms with E-state index in [1.165, 1.54) is 0 Å². The molecule has 2 rings (SSSR count). The number of rotatable bonds is 6. The van der Waals surface area contributed by atoms with Crippen molar-refractivity contribution in [3.63, 3.8) is 0 Å². The maximum Gasteiger partial charge on any atom is 0.262 e. The topological polar surface area (TPSA) is 60.5 Å². The number of anilines is 1. The van der Waals surface area contributed by atoms with Crippen molar-refractivity contribution in [2.24, 2.45) is 0 Å². The van der Waals surface area contributed by atoms with E-state index in [0.29, 0.717) is 23.8 Å². The van der Waals surface area contributed by atoms with Crippen molar-refractivity contribution in [2.45, 2.75) is 6.92 Å². The first kappa shape index (κ1) is 13.9. The van der Waals surface area contributed by atoms with E-state index in [1.807, 2.05) is 19.1 Å². The molecule has 104 valence electrons. The lowest BCUT2D eigenvalue weighted by molar-refractivity contribution is -0.118. The van der Waals surface area contributed by atoms with Gasteiger partial charge in [0.05, 0.1) is 18.5 Å². The minimum atomic E-state index is -0.246. The number of nitrogens with zero attached hydrogens (tertiary/aromatic N) is 1. The molecular weight excluding hydrogens is 256 g/mol. The van der Waals surface area contributed by atoms with Gasteiger partial charge in [-0.3, -0.25) is 9.78 Å². The van der Waals surface area contributed by atoms with Crippen LogP contribution in [0.15, 0.2) is 48.8 Å². The summed E-state index contributed by atoms with van der Waals surface area (Å²) in [5.74, 6) is 0.934. The number of carbonyl (C=O) groups is 1. The molecule has 0 saturated heterocycles. The normalized spacial score (nSPS) is 9.85. The Labute approximate surface area is 117 Å². The largest absolute Gasteiger partial charge is 0.490 e. The SMILES string of the molecule is CCOc1ccccc1OCC(=O)Nc1cccnc1. The van der Waals surface area contributed by atoms with Crippen LogP contribution >= 0.6 is 0 Å². The Balaban J connectivity index is 1.90. The van der Waals surface area contributed by atoms with Gasteiger partial charge in [0.1, 0.15) is 0 Å². The predicted molar refractivity (Wildman–Crippen MR) is 76.0 cm³/mol. The maximum absolute atomic E-state index is 11.8. The molecule has 1 aromatic carbocycles. The van der Waals surface area contributed by atoms with Crippen molar-refractivity contribution >= 4 is 11.6 Å². The van der Waals surface area contributed by atoms with E-state index < -0.39 is 0 Å². The van der Waals surface area contributed by atoms with E-state index in [2.05, 4.69) is 10.3 Å². The van der Waals surface area contributed by atoms with Crippen molar-refractivity contribution in [3.8, 4) is 11.5 Å². The fourth-order valence-corrected chi connectivity index (χ4v) is 1.62. The van der Waals surface area contributed by atoms with Gasteiger partial charge in [-0.1, -0.05) is 12.1 Å². The second kappa shape index (κ2) is 7.13. The monoisotopic (exact) mass is 272 g/mol. The highest BCUT2D eigenvalue weighted by atomic mass is 16.5. The van der Waals surface area contributed by atoms with Crippen LogP contribution in [0.5, 0.6) is 11.5 Å². The summed E-state index contributed by atoms with van der Waals surface area (Å²) < 4.78 is 10.9. The van der Waals surface area contributed by atoms with E-state index in [9.17, 15) is 4.79 Å².